The van der Waals surface area contributed by atoms with Crippen LogP contribution in [0.1, 0.15) is 30.5 Å². The average Bonchev–Trinajstić information content (AvgIpc) is 2.88. The lowest BCUT2D eigenvalue weighted by molar-refractivity contribution is -0.139. The molecule has 0 saturated heterocycles. The Hall–Kier alpha value is -2.78. The molecule has 3 aromatic rings. The van der Waals surface area contributed by atoms with Gasteiger partial charge in [0.1, 0.15) is 12.6 Å². The molecule has 0 heterocycles. The molecule has 0 fully saturated rings. The van der Waals surface area contributed by atoms with Gasteiger partial charge in [-0.15, -0.1) is 0 Å². The molecule has 1 atom stereocenters. The lowest BCUT2D eigenvalue weighted by Crippen LogP contribution is -2.51. The number of rotatable bonds is 10. The summed E-state index contributed by atoms with van der Waals surface area (Å²) in [5.74, 6) is -0.952. The number of hydrogen-bond acceptors (Lipinski definition) is 4. The first-order valence-corrected chi connectivity index (χ1v) is 14.8. The Morgan fingerprint density at radius 3 is 2.18 bits per heavy atom. The quantitative estimate of drug-likeness (QED) is 0.305. The molecular weight excluding hydrogens is 581 g/mol. The van der Waals surface area contributed by atoms with Gasteiger partial charge in [-0.2, -0.15) is 0 Å². The van der Waals surface area contributed by atoms with Crippen molar-refractivity contribution in [1.29, 1.82) is 0 Å². The van der Waals surface area contributed by atoms with Crippen LogP contribution in [0.5, 0.6) is 0 Å². The summed E-state index contributed by atoms with van der Waals surface area (Å²) in [6.07, 6.45) is 0. The number of nitrogens with one attached hydrogen (secondary N) is 1. The van der Waals surface area contributed by atoms with Gasteiger partial charge in [0, 0.05) is 18.1 Å². The lowest BCUT2D eigenvalue weighted by atomic mass is 10.1. The summed E-state index contributed by atoms with van der Waals surface area (Å²) in [4.78, 5) is 28.1. The highest BCUT2D eigenvalue weighted by Crippen LogP contribution is 2.30. The van der Waals surface area contributed by atoms with Gasteiger partial charge in [-0.25, -0.2) is 8.42 Å². The zero-order chi connectivity index (χ0) is 28.9. The first-order valence-electron chi connectivity index (χ1n) is 12.2. The van der Waals surface area contributed by atoms with Gasteiger partial charge in [-0.05, 0) is 81.3 Å². The van der Waals surface area contributed by atoms with Gasteiger partial charge >= 0.3 is 0 Å². The van der Waals surface area contributed by atoms with Crippen LogP contribution in [0.4, 0.5) is 5.69 Å². The van der Waals surface area contributed by atoms with Gasteiger partial charge in [0.15, 0.2) is 0 Å². The SMILES string of the molecule is CCNC(=O)[C@@H](C)N(Cc1ccc(Cl)c(Cl)c1)C(=O)CN(c1ccc(Cl)cc1C)S(=O)(=O)c1ccc(C)cc1. The fourth-order valence-electron chi connectivity index (χ4n) is 3.99. The number of nitrogens with zero attached hydrogens (tertiary/aromatic N) is 2. The number of carbonyl (C=O) groups is 2. The van der Waals surface area contributed by atoms with Crippen molar-refractivity contribution in [3.8, 4) is 0 Å². The summed E-state index contributed by atoms with van der Waals surface area (Å²) < 4.78 is 28.8. The normalized spacial score (nSPS) is 12.1. The van der Waals surface area contributed by atoms with Crippen molar-refractivity contribution in [2.75, 3.05) is 17.4 Å². The van der Waals surface area contributed by atoms with E-state index in [2.05, 4.69) is 5.32 Å². The molecule has 0 aliphatic heterocycles. The summed E-state index contributed by atoms with van der Waals surface area (Å²) >= 11 is 18.4. The Morgan fingerprint density at radius 2 is 1.59 bits per heavy atom. The highest BCUT2D eigenvalue weighted by Gasteiger charge is 2.33. The lowest BCUT2D eigenvalue weighted by Gasteiger charge is -2.32. The van der Waals surface area contributed by atoms with E-state index in [0.29, 0.717) is 38.4 Å². The Kier molecular flexibility index (Phi) is 10.3. The summed E-state index contributed by atoms with van der Waals surface area (Å²) in [5.41, 5.74) is 2.39. The second-order valence-corrected chi connectivity index (χ2v) is 12.2. The van der Waals surface area contributed by atoms with Crippen molar-refractivity contribution in [2.45, 2.75) is 45.2 Å². The van der Waals surface area contributed by atoms with Crippen molar-refractivity contribution < 1.29 is 18.0 Å². The third kappa shape index (κ3) is 7.45. The average molecular weight is 611 g/mol. The van der Waals surface area contributed by atoms with E-state index in [9.17, 15) is 18.0 Å². The number of likely N-dealkylation sites (N-methyl/N-ethyl adjacent to an activating group) is 1. The fourth-order valence-corrected chi connectivity index (χ4v) is 6.01. The van der Waals surface area contributed by atoms with Crippen LogP contribution in [0.3, 0.4) is 0 Å². The van der Waals surface area contributed by atoms with E-state index in [1.165, 1.54) is 17.0 Å². The molecular formula is C28H30Cl3N3O4S. The van der Waals surface area contributed by atoms with Gasteiger partial charge in [0.2, 0.25) is 11.8 Å². The van der Waals surface area contributed by atoms with Crippen LogP contribution in [0, 0.1) is 13.8 Å². The van der Waals surface area contributed by atoms with E-state index in [1.54, 1.807) is 69.3 Å². The highest BCUT2D eigenvalue weighted by molar-refractivity contribution is 7.92. The molecule has 39 heavy (non-hydrogen) atoms. The number of benzene rings is 3. The molecule has 11 heteroatoms. The predicted octanol–water partition coefficient (Wildman–Crippen LogP) is 6.01. The van der Waals surface area contributed by atoms with Crippen LogP contribution < -0.4 is 9.62 Å². The Morgan fingerprint density at radius 1 is 0.923 bits per heavy atom. The molecule has 1 N–H and O–H groups in total. The van der Waals surface area contributed by atoms with Gasteiger partial charge in [0.05, 0.1) is 20.6 Å². The van der Waals surface area contributed by atoms with Crippen LogP contribution in [-0.4, -0.2) is 44.3 Å². The minimum absolute atomic E-state index is 0.00599. The second-order valence-electron chi connectivity index (χ2n) is 9.10. The van der Waals surface area contributed by atoms with Gasteiger partial charge in [-0.3, -0.25) is 13.9 Å². The minimum atomic E-state index is -4.17. The van der Waals surface area contributed by atoms with Crippen LogP contribution in [-0.2, 0) is 26.2 Å². The molecule has 0 saturated carbocycles. The number of halogens is 3. The molecule has 2 amide bonds. The van der Waals surface area contributed by atoms with Crippen molar-refractivity contribution in [2.24, 2.45) is 0 Å². The van der Waals surface area contributed by atoms with Crippen molar-refractivity contribution >= 4 is 62.3 Å². The van der Waals surface area contributed by atoms with Crippen molar-refractivity contribution in [3.05, 3.63) is 92.4 Å². The maximum Gasteiger partial charge on any atom is 0.264 e. The van der Waals surface area contributed by atoms with Crippen LogP contribution >= 0.6 is 34.8 Å². The maximum absolute atomic E-state index is 13.9. The van der Waals surface area contributed by atoms with E-state index in [4.69, 9.17) is 34.8 Å². The van der Waals surface area contributed by atoms with E-state index >= 15 is 0 Å². The molecule has 7 nitrogen and oxygen atoms in total. The predicted molar refractivity (Wildman–Crippen MR) is 157 cm³/mol. The standard InChI is InChI=1S/C28H30Cl3N3O4S/c1-5-32-28(36)20(4)33(16-21-8-12-24(30)25(31)15-21)27(35)17-34(26-13-9-22(29)14-19(26)3)39(37,38)23-10-6-18(2)7-11-23/h6-15,20H,5,16-17H2,1-4H3,(H,32,36)/t20-/m1/s1. The van der Waals surface area contributed by atoms with Crippen molar-refractivity contribution in [3.63, 3.8) is 0 Å². The first kappa shape index (κ1) is 30.8. The van der Waals surface area contributed by atoms with Crippen LogP contribution in [0.15, 0.2) is 65.6 Å². The fraction of sp³-hybridized carbons (Fsp3) is 0.286. The van der Waals surface area contributed by atoms with E-state index in [1.807, 2.05) is 6.92 Å². The van der Waals surface area contributed by atoms with Crippen molar-refractivity contribution in [1.82, 2.24) is 10.2 Å². The number of hydrogen-bond donors (Lipinski definition) is 1. The van der Waals surface area contributed by atoms with Crippen LogP contribution in [0.2, 0.25) is 15.1 Å². The Labute approximate surface area is 244 Å². The second kappa shape index (κ2) is 13.0. The third-order valence-corrected chi connectivity index (χ3v) is 8.92. The first-order chi connectivity index (χ1) is 18.3. The van der Waals surface area contributed by atoms with E-state index < -0.39 is 28.5 Å². The molecule has 0 unspecified atom stereocenters. The number of amides is 2. The molecule has 3 aromatic carbocycles. The Bertz CT molecular complexity index is 1460. The largest absolute Gasteiger partial charge is 0.355 e. The number of sulfonamides is 1. The van der Waals surface area contributed by atoms with E-state index in [-0.39, 0.29) is 17.3 Å². The molecule has 3 rings (SSSR count). The molecule has 0 aromatic heterocycles. The monoisotopic (exact) mass is 609 g/mol. The summed E-state index contributed by atoms with van der Waals surface area (Å²) in [5, 5.41) is 3.80. The summed E-state index contributed by atoms with van der Waals surface area (Å²) in [7, 11) is -4.17. The molecule has 0 bridgehead atoms. The minimum Gasteiger partial charge on any atom is -0.355 e. The Balaban J connectivity index is 2.07. The van der Waals surface area contributed by atoms with Gasteiger partial charge in [0.25, 0.3) is 10.0 Å². The van der Waals surface area contributed by atoms with Gasteiger partial charge in [-0.1, -0.05) is 58.6 Å². The maximum atomic E-state index is 13.9. The smallest absolute Gasteiger partial charge is 0.264 e. The number of aryl methyl sites for hydroxylation is 2. The zero-order valence-electron chi connectivity index (χ0n) is 22.0. The number of carbonyl (C=O) groups excluding carboxylic acids is 2. The zero-order valence-corrected chi connectivity index (χ0v) is 25.1. The molecule has 208 valence electrons. The third-order valence-electron chi connectivity index (χ3n) is 6.17. The summed E-state index contributed by atoms with van der Waals surface area (Å²) in [6.45, 7) is 6.76. The summed E-state index contributed by atoms with van der Waals surface area (Å²) in [6, 6.07) is 15.1. The molecule has 0 spiro atoms. The van der Waals surface area contributed by atoms with Crippen LogP contribution in [0.25, 0.3) is 0 Å². The van der Waals surface area contributed by atoms with Gasteiger partial charge < -0.3 is 10.2 Å². The highest BCUT2D eigenvalue weighted by atomic mass is 35.5. The molecule has 0 aliphatic rings. The topological polar surface area (TPSA) is 86.8 Å². The molecule has 0 radical (unpaired) electrons. The number of anilines is 1. The van der Waals surface area contributed by atoms with E-state index in [0.717, 1.165) is 9.87 Å². The molecule has 0 aliphatic carbocycles.